The Morgan fingerprint density at radius 3 is 2.52 bits per heavy atom. The fourth-order valence-corrected chi connectivity index (χ4v) is 2.86. The highest BCUT2D eigenvalue weighted by molar-refractivity contribution is 7.15. The zero-order valence-corrected chi connectivity index (χ0v) is 16.0. The first-order chi connectivity index (χ1) is 12.9. The summed E-state index contributed by atoms with van der Waals surface area (Å²) < 4.78 is 4.94. The van der Waals surface area contributed by atoms with Gasteiger partial charge in [-0.25, -0.2) is 0 Å². The number of nitrogens with one attached hydrogen (secondary N) is 2. The summed E-state index contributed by atoms with van der Waals surface area (Å²) in [7, 11) is 0. The van der Waals surface area contributed by atoms with Crippen LogP contribution < -0.4 is 10.6 Å². The molecular weight excluding hydrogens is 368 g/mol. The smallest absolute Gasteiger partial charge is 0.306 e. The van der Waals surface area contributed by atoms with Crippen molar-refractivity contribution in [2.24, 2.45) is 0 Å². The van der Waals surface area contributed by atoms with Gasteiger partial charge in [0.25, 0.3) is 5.91 Å². The molecule has 2 rings (SSSR count). The third-order valence-corrected chi connectivity index (χ3v) is 4.35. The van der Waals surface area contributed by atoms with Crippen molar-refractivity contribution in [3.8, 4) is 0 Å². The lowest BCUT2D eigenvalue weighted by Crippen LogP contribution is -2.31. The molecule has 2 amide bonds. The van der Waals surface area contributed by atoms with Gasteiger partial charge in [0.2, 0.25) is 11.0 Å². The normalized spacial score (nSPS) is 11.5. The van der Waals surface area contributed by atoms with Crippen LogP contribution >= 0.6 is 11.3 Å². The summed E-state index contributed by atoms with van der Waals surface area (Å²) in [5.74, 6) is -1.13. The maximum absolute atomic E-state index is 11.9. The van der Waals surface area contributed by atoms with Crippen LogP contribution in [-0.4, -0.2) is 34.6 Å². The largest absolute Gasteiger partial charge is 0.456 e. The van der Waals surface area contributed by atoms with Gasteiger partial charge in [-0.2, -0.15) is 0 Å². The summed E-state index contributed by atoms with van der Waals surface area (Å²) in [5.41, 5.74) is 0.966. The lowest BCUT2D eigenvalue weighted by Gasteiger charge is -2.14. The Labute approximate surface area is 161 Å². The van der Waals surface area contributed by atoms with Crippen LogP contribution in [0.2, 0.25) is 0 Å². The summed E-state index contributed by atoms with van der Waals surface area (Å²) in [6, 6.07) is 9.32. The van der Waals surface area contributed by atoms with Gasteiger partial charge in [-0.3, -0.25) is 14.4 Å². The molecule has 1 heterocycles. The van der Waals surface area contributed by atoms with Gasteiger partial charge in [0.15, 0.2) is 6.61 Å². The summed E-state index contributed by atoms with van der Waals surface area (Å²) in [5, 5.41) is 14.2. The topological polar surface area (TPSA) is 110 Å². The van der Waals surface area contributed by atoms with E-state index in [1.807, 2.05) is 37.3 Å². The van der Waals surface area contributed by atoms with Crippen LogP contribution in [0.3, 0.4) is 0 Å². The number of benzene rings is 1. The second kappa shape index (κ2) is 10.4. The maximum Gasteiger partial charge on any atom is 0.306 e. The molecule has 1 aromatic heterocycles. The predicted molar refractivity (Wildman–Crippen MR) is 101 cm³/mol. The molecule has 27 heavy (non-hydrogen) atoms. The first kappa shape index (κ1) is 20.5. The number of aromatic nitrogens is 2. The molecule has 8 nitrogen and oxygen atoms in total. The second-order valence-electron chi connectivity index (χ2n) is 5.89. The number of nitrogens with zero attached hydrogens (tertiary/aromatic N) is 2. The van der Waals surface area contributed by atoms with Crippen molar-refractivity contribution >= 4 is 34.3 Å². The monoisotopic (exact) mass is 390 g/mol. The van der Waals surface area contributed by atoms with Crippen LogP contribution in [-0.2, 0) is 19.1 Å². The molecular formula is C18H22N4O4S. The summed E-state index contributed by atoms with van der Waals surface area (Å²) >= 11 is 1.28. The number of carbonyl (C=O) groups is 3. The van der Waals surface area contributed by atoms with Gasteiger partial charge in [0.05, 0.1) is 6.04 Å². The number of hydrogen-bond donors (Lipinski definition) is 2. The molecule has 9 heteroatoms. The van der Waals surface area contributed by atoms with Gasteiger partial charge in [0, 0.05) is 12.8 Å². The van der Waals surface area contributed by atoms with Crippen molar-refractivity contribution in [1.29, 1.82) is 0 Å². The first-order valence-corrected chi connectivity index (χ1v) is 9.35. The third kappa shape index (κ3) is 7.53. The molecule has 0 fully saturated rings. The molecule has 0 aliphatic heterocycles. The lowest BCUT2D eigenvalue weighted by atomic mass is 10.1. The molecule has 0 radical (unpaired) electrons. The molecule has 0 aliphatic carbocycles. The molecule has 1 atom stereocenters. The molecule has 0 saturated heterocycles. The number of ether oxygens (including phenoxy) is 1. The molecule has 0 bridgehead atoms. The number of hydrogen-bond acceptors (Lipinski definition) is 7. The zero-order valence-electron chi connectivity index (χ0n) is 15.2. The van der Waals surface area contributed by atoms with Crippen LogP contribution in [0.4, 0.5) is 5.13 Å². The van der Waals surface area contributed by atoms with E-state index in [1.165, 1.54) is 11.3 Å². The first-order valence-electron chi connectivity index (χ1n) is 8.54. The minimum absolute atomic E-state index is 0.0596. The van der Waals surface area contributed by atoms with Gasteiger partial charge < -0.3 is 15.4 Å². The Morgan fingerprint density at radius 1 is 1.11 bits per heavy atom. The minimum Gasteiger partial charge on any atom is -0.456 e. The fraction of sp³-hybridized carbons (Fsp3) is 0.389. The average Bonchev–Trinajstić information content (AvgIpc) is 3.05. The van der Waals surface area contributed by atoms with Crippen molar-refractivity contribution in [2.75, 3.05) is 11.9 Å². The Bertz CT molecular complexity index is 779. The molecule has 1 aromatic carbocycles. The molecule has 2 aromatic rings. The van der Waals surface area contributed by atoms with Crippen LogP contribution in [0.15, 0.2) is 30.3 Å². The third-order valence-electron chi connectivity index (χ3n) is 3.60. The van der Waals surface area contributed by atoms with Crippen LogP contribution in [0.5, 0.6) is 0 Å². The molecule has 0 unspecified atom stereocenters. The van der Waals surface area contributed by atoms with E-state index < -0.39 is 5.97 Å². The van der Waals surface area contributed by atoms with Crippen molar-refractivity contribution in [3.05, 3.63) is 40.9 Å². The Hall–Kier alpha value is -2.81. The fourth-order valence-electron chi connectivity index (χ4n) is 2.25. The van der Waals surface area contributed by atoms with Crippen molar-refractivity contribution in [2.45, 2.75) is 39.2 Å². The van der Waals surface area contributed by atoms with E-state index in [0.29, 0.717) is 11.6 Å². The number of anilines is 1. The highest BCUT2D eigenvalue weighted by atomic mass is 32.1. The second-order valence-corrected chi connectivity index (χ2v) is 7.07. The predicted octanol–water partition coefficient (Wildman–Crippen LogP) is 2.38. The SMILES string of the molecule is Cc1nnc(NC(=O)CCCC(=O)OCC(=O)N[C@H](C)c2ccccc2)s1. The van der Waals surface area contributed by atoms with E-state index in [9.17, 15) is 14.4 Å². The Balaban J connectivity index is 1.60. The zero-order chi connectivity index (χ0) is 19.6. The number of carbonyl (C=O) groups excluding carboxylic acids is 3. The van der Waals surface area contributed by atoms with Gasteiger partial charge in [-0.1, -0.05) is 41.7 Å². The molecule has 2 N–H and O–H groups in total. The number of aryl methyl sites for hydroxylation is 1. The van der Waals surface area contributed by atoms with E-state index in [4.69, 9.17) is 4.74 Å². The van der Waals surface area contributed by atoms with Crippen molar-refractivity contribution in [1.82, 2.24) is 15.5 Å². The van der Waals surface area contributed by atoms with Crippen LogP contribution in [0.1, 0.15) is 42.8 Å². The van der Waals surface area contributed by atoms with E-state index in [0.717, 1.165) is 10.6 Å². The summed E-state index contributed by atoms with van der Waals surface area (Å²) in [4.78, 5) is 35.3. The number of amides is 2. The summed E-state index contributed by atoms with van der Waals surface area (Å²) in [6.45, 7) is 3.31. The quantitative estimate of drug-likeness (QED) is 0.636. The van der Waals surface area contributed by atoms with Gasteiger partial charge in [-0.15, -0.1) is 10.2 Å². The van der Waals surface area contributed by atoms with Gasteiger partial charge >= 0.3 is 5.97 Å². The van der Waals surface area contributed by atoms with Crippen LogP contribution in [0, 0.1) is 6.92 Å². The maximum atomic E-state index is 11.9. The van der Waals surface area contributed by atoms with Gasteiger partial charge in [-0.05, 0) is 25.8 Å². The standard InChI is InChI=1S/C18H22N4O4S/c1-12(14-7-4-3-5-8-14)19-16(24)11-26-17(25)10-6-9-15(23)20-18-22-21-13(2)27-18/h3-5,7-8,12H,6,9-11H2,1-2H3,(H,19,24)(H,20,22,23)/t12-/m1/s1. The highest BCUT2D eigenvalue weighted by Crippen LogP contribution is 2.14. The van der Waals surface area contributed by atoms with E-state index in [1.54, 1.807) is 6.92 Å². The Morgan fingerprint density at radius 2 is 1.85 bits per heavy atom. The molecule has 0 spiro atoms. The number of rotatable bonds is 9. The molecule has 0 saturated carbocycles. The molecule has 0 aliphatic rings. The van der Waals surface area contributed by atoms with Crippen molar-refractivity contribution in [3.63, 3.8) is 0 Å². The van der Waals surface area contributed by atoms with E-state index in [-0.39, 0.29) is 37.3 Å². The molecule has 144 valence electrons. The highest BCUT2D eigenvalue weighted by Gasteiger charge is 2.13. The lowest BCUT2D eigenvalue weighted by molar-refractivity contribution is -0.148. The van der Waals surface area contributed by atoms with Gasteiger partial charge in [0.1, 0.15) is 5.01 Å². The van der Waals surface area contributed by atoms with E-state index >= 15 is 0 Å². The van der Waals surface area contributed by atoms with Crippen LogP contribution in [0.25, 0.3) is 0 Å². The minimum atomic E-state index is -0.517. The van der Waals surface area contributed by atoms with E-state index in [2.05, 4.69) is 20.8 Å². The Kier molecular flexibility index (Phi) is 7.87. The number of esters is 1. The average molecular weight is 390 g/mol. The summed E-state index contributed by atoms with van der Waals surface area (Å²) in [6.07, 6.45) is 0.541. The van der Waals surface area contributed by atoms with Crippen molar-refractivity contribution < 1.29 is 19.1 Å².